The van der Waals surface area contributed by atoms with Crippen LogP contribution in [0.1, 0.15) is 22.8 Å². The Kier molecular flexibility index (Phi) is 6.02. The van der Waals surface area contributed by atoms with E-state index in [9.17, 15) is 18.0 Å². The SMILES string of the molecule is C[C@@H](OC(=O)c1cc(S(C)(=O)=O)ccc1Cl)C(=O)Nc1sccc1C#N. The summed E-state index contributed by atoms with van der Waals surface area (Å²) in [5.41, 5.74) is 0.133. The number of nitriles is 1. The molecule has 0 saturated carbocycles. The zero-order valence-electron chi connectivity index (χ0n) is 13.6. The van der Waals surface area contributed by atoms with Gasteiger partial charge in [-0.2, -0.15) is 5.26 Å². The molecule has 136 valence electrons. The molecule has 1 heterocycles. The second-order valence-electron chi connectivity index (χ2n) is 5.23. The van der Waals surface area contributed by atoms with Crippen molar-refractivity contribution in [3.05, 3.63) is 45.8 Å². The lowest BCUT2D eigenvalue weighted by molar-refractivity contribution is -0.123. The zero-order valence-corrected chi connectivity index (χ0v) is 16.0. The predicted molar refractivity (Wildman–Crippen MR) is 97.1 cm³/mol. The van der Waals surface area contributed by atoms with Crippen molar-refractivity contribution in [1.29, 1.82) is 5.26 Å². The summed E-state index contributed by atoms with van der Waals surface area (Å²) in [4.78, 5) is 24.3. The minimum Gasteiger partial charge on any atom is -0.449 e. The number of thiophene rings is 1. The van der Waals surface area contributed by atoms with Gasteiger partial charge in [-0.05, 0) is 36.6 Å². The van der Waals surface area contributed by atoms with Crippen LogP contribution in [0.15, 0.2) is 34.5 Å². The third-order valence-corrected chi connectivity index (χ3v) is 5.53. The van der Waals surface area contributed by atoms with Crippen molar-refractivity contribution in [3.8, 4) is 6.07 Å². The van der Waals surface area contributed by atoms with Gasteiger partial charge in [0, 0.05) is 6.26 Å². The number of carbonyl (C=O) groups excluding carboxylic acids is 2. The summed E-state index contributed by atoms with van der Waals surface area (Å²) in [5, 5.41) is 13.4. The Morgan fingerprint density at radius 3 is 2.65 bits per heavy atom. The van der Waals surface area contributed by atoms with Crippen LogP contribution >= 0.6 is 22.9 Å². The standard InChI is InChI=1S/C16H13ClN2O5S2/c1-9(14(20)19-15-10(8-18)5-6-25-15)24-16(21)12-7-11(26(2,22)23)3-4-13(12)17/h3-7,9H,1-2H3,(H,19,20)/t9-/m1/s1. The van der Waals surface area contributed by atoms with Crippen LogP contribution in [0.2, 0.25) is 5.02 Å². The number of rotatable bonds is 5. The molecule has 1 amide bonds. The Morgan fingerprint density at radius 1 is 1.35 bits per heavy atom. The molecule has 0 spiro atoms. The van der Waals surface area contributed by atoms with Crippen LogP contribution in [0, 0.1) is 11.3 Å². The molecule has 26 heavy (non-hydrogen) atoms. The molecule has 0 unspecified atom stereocenters. The van der Waals surface area contributed by atoms with Gasteiger partial charge in [0.2, 0.25) is 0 Å². The summed E-state index contributed by atoms with van der Waals surface area (Å²) < 4.78 is 28.3. The maximum Gasteiger partial charge on any atom is 0.340 e. The number of esters is 1. The molecule has 0 aliphatic heterocycles. The number of sulfone groups is 1. The average Bonchev–Trinajstić information content (AvgIpc) is 3.01. The van der Waals surface area contributed by atoms with Crippen LogP contribution in [-0.2, 0) is 19.4 Å². The van der Waals surface area contributed by atoms with E-state index in [1.807, 2.05) is 6.07 Å². The normalized spacial score (nSPS) is 12.1. The summed E-state index contributed by atoms with van der Waals surface area (Å²) in [6, 6.07) is 7.11. The number of hydrogen-bond acceptors (Lipinski definition) is 7. The fourth-order valence-corrected chi connectivity index (χ4v) is 3.46. The molecular formula is C16H13ClN2O5S2. The summed E-state index contributed by atoms with van der Waals surface area (Å²) in [7, 11) is -3.54. The van der Waals surface area contributed by atoms with Gasteiger partial charge in [0.25, 0.3) is 5.91 Å². The molecule has 0 aliphatic carbocycles. The van der Waals surface area contributed by atoms with E-state index < -0.39 is 27.8 Å². The Balaban J connectivity index is 2.14. The number of nitrogens with zero attached hydrogens (tertiary/aromatic N) is 1. The summed E-state index contributed by atoms with van der Waals surface area (Å²) in [6.45, 7) is 1.35. The summed E-state index contributed by atoms with van der Waals surface area (Å²) >= 11 is 7.09. The van der Waals surface area contributed by atoms with Crippen molar-refractivity contribution in [3.63, 3.8) is 0 Å². The molecule has 0 fully saturated rings. The molecule has 0 aliphatic rings. The lowest BCUT2D eigenvalue weighted by Crippen LogP contribution is -2.30. The smallest absolute Gasteiger partial charge is 0.340 e. The third-order valence-electron chi connectivity index (χ3n) is 3.26. The van der Waals surface area contributed by atoms with E-state index in [1.165, 1.54) is 19.1 Å². The number of halogens is 1. The van der Waals surface area contributed by atoms with Crippen molar-refractivity contribution < 1.29 is 22.7 Å². The number of ether oxygens (including phenoxy) is 1. The quantitative estimate of drug-likeness (QED) is 0.755. The van der Waals surface area contributed by atoms with Crippen LogP contribution in [0.3, 0.4) is 0 Å². The molecule has 1 aromatic heterocycles. The fraction of sp³-hybridized carbons (Fsp3) is 0.188. The maximum atomic E-state index is 12.3. The number of carbonyl (C=O) groups is 2. The van der Waals surface area contributed by atoms with Crippen LogP contribution < -0.4 is 5.32 Å². The van der Waals surface area contributed by atoms with E-state index in [2.05, 4.69) is 5.32 Å². The highest BCUT2D eigenvalue weighted by atomic mass is 35.5. The molecule has 0 saturated heterocycles. The summed E-state index contributed by atoms with van der Waals surface area (Å²) in [5.74, 6) is -1.57. The molecule has 2 rings (SSSR count). The van der Waals surface area contributed by atoms with Crippen LogP contribution in [0.4, 0.5) is 5.00 Å². The molecule has 1 aromatic carbocycles. The van der Waals surface area contributed by atoms with Gasteiger partial charge < -0.3 is 10.1 Å². The Labute approximate surface area is 159 Å². The van der Waals surface area contributed by atoms with E-state index in [4.69, 9.17) is 21.6 Å². The van der Waals surface area contributed by atoms with Gasteiger partial charge in [-0.15, -0.1) is 11.3 Å². The minimum absolute atomic E-state index is 0.0000294. The summed E-state index contributed by atoms with van der Waals surface area (Å²) in [6.07, 6.45) is -0.191. The number of hydrogen-bond donors (Lipinski definition) is 1. The van der Waals surface area contributed by atoms with E-state index in [0.717, 1.165) is 23.7 Å². The first-order chi connectivity index (χ1) is 12.1. The highest BCUT2D eigenvalue weighted by Crippen LogP contribution is 2.24. The van der Waals surface area contributed by atoms with Gasteiger partial charge in [-0.3, -0.25) is 4.79 Å². The third kappa shape index (κ3) is 4.60. The van der Waals surface area contributed by atoms with E-state index in [1.54, 1.807) is 11.4 Å². The monoisotopic (exact) mass is 412 g/mol. The van der Waals surface area contributed by atoms with Crippen molar-refractivity contribution >= 4 is 49.7 Å². The van der Waals surface area contributed by atoms with Gasteiger partial charge in [0.05, 0.1) is 21.0 Å². The second-order valence-corrected chi connectivity index (χ2v) is 8.56. The van der Waals surface area contributed by atoms with Crippen molar-refractivity contribution in [1.82, 2.24) is 0 Å². The van der Waals surface area contributed by atoms with E-state index in [-0.39, 0.29) is 15.5 Å². The number of benzene rings is 1. The number of amides is 1. The van der Waals surface area contributed by atoms with E-state index in [0.29, 0.717) is 10.6 Å². The Hall–Kier alpha value is -2.41. The van der Waals surface area contributed by atoms with Crippen LogP contribution in [0.25, 0.3) is 0 Å². The van der Waals surface area contributed by atoms with Crippen LogP contribution in [-0.4, -0.2) is 32.7 Å². The average molecular weight is 413 g/mol. The topological polar surface area (TPSA) is 113 Å². The number of nitrogens with one attached hydrogen (secondary N) is 1. The first kappa shape index (κ1) is 19.9. The van der Waals surface area contributed by atoms with Gasteiger partial charge in [-0.25, -0.2) is 13.2 Å². The van der Waals surface area contributed by atoms with Gasteiger partial charge in [-0.1, -0.05) is 11.6 Å². The highest BCUT2D eigenvalue weighted by molar-refractivity contribution is 7.90. The maximum absolute atomic E-state index is 12.3. The molecule has 0 bridgehead atoms. The second kappa shape index (κ2) is 7.86. The largest absolute Gasteiger partial charge is 0.449 e. The van der Waals surface area contributed by atoms with Gasteiger partial charge in [0.15, 0.2) is 15.9 Å². The number of anilines is 1. The fourth-order valence-electron chi connectivity index (χ4n) is 1.88. The van der Waals surface area contributed by atoms with Crippen molar-refractivity contribution in [2.75, 3.05) is 11.6 Å². The first-order valence-corrected chi connectivity index (χ1v) is 10.3. The molecule has 7 nitrogen and oxygen atoms in total. The lowest BCUT2D eigenvalue weighted by Gasteiger charge is -2.14. The molecular weight excluding hydrogens is 400 g/mol. The van der Waals surface area contributed by atoms with E-state index >= 15 is 0 Å². The van der Waals surface area contributed by atoms with Crippen molar-refractivity contribution in [2.24, 2.45) is 0 Å². The Morgan fingerprint density at radius 2 is 2.04 bits per heavy atom. The van der Waals surface area contributed by atoms with Crippen LogP contribution in [0.5, 0.6) is 0 Å². The Bertz CT molecular complexity index is 1010. The molecule has 10 heteroatoms. The van der Waals surface area contributed by atoms with Gasteiger partial charge >= 0.3 is 5.97 Å². The molecule has 1 N–H and O–H groups in total. The molecule has 0 radical (unpaired) electrons. The van der Waals surface area contributed by atoms with Crippen molar-refractivity contribution in [2.45, 2.75) is 17.9 Å². The molecule has 1 atom stereocenters. The zero-order chi connectivity index (χ0) is 19.5. The van der Waals surface area contributed by atoms with Gasteiger partial charge in [0.1, 0.15) is 11.1 Å². The first-order valence-electron chi connectivity index (χ1n) is 7.12. The highest BCUT2D eigenvalue weighted by Gasteiger charge is 2.23. The minimum atomic E-state index is -3.54. The molecule has 2 aromatic rings. The predicted octanol–water partition coefficient (Wildman–Crippen LogP) is 2.86. The lowest BCUT2D eigenvalue weighted by atomic mass is 10.2.